The number of carbonyl (C=O) groups is 1. The maximum atomic E-state index is 11.2. The van der Waals surface area contributed by atoms with Crippen LogP contribution in [0.5, 0.6) is 5.75 Å². The summed E-state index contributed by atoms with van der Waals surface area (Å²) >= 11 is 0. The Kier molecular flexibility index (Phi) is 7.41. The van der Waals surface area contributed by atoms with Gasteiger partial charge in [0.2, 0.25) is 0 Å². The van der Waals surface area contributed by atoms with Gasteiger partial charge in [0.15, 0.2) is 0 Å². The standard InChI is InChI=1S/C15H21NO3.ClH/c1-2-18-15(17)8-5-12-3-6-14(7-4-12)19-11-13-9-16-10-13;/h3-4,6-7,13,16H,2,5,8-11H2,1H3;1H. The number of carbonyl (C=O) groups excluding carboxylic acids is 1. The lowest BCUT2D eigenvalue weighted by Gasteiger charge is -2.26. The molecule has 4 nitrogen and oxygen atoms in total. The van der Waals surface area contributed by atoms with Crippen LogP contribution >= 0.6 is 12.4 Å². The van der Waals surface area contributed by atoms with E-state index >= 15 is 0 Å². The largest absolute Gasteiger partial charge is 0.493 e. The molecule has 0 amide bonds. The Bertz CT molecular complexity index is 404. The first-order valence-corrected chi connectivity index (χ1v) is 6.86. The lowest BCUT2D eigenvalue weighted by atomic mass is 10.1. The maximum Gasteiger partial charge on any atom is 0.306 e. The SMILES string of the molecule is CCOC(=O)CCc1ccc(OCC2CNC2)cc1.Cl. The predicted octanol–water partition coefficient (Wildman–Crippen LogP) is 2.20. The Hall–Kier alpha value is -1.26. The molecule has 0 radical (unpaired) electrons. The molecule has 1 heterocycles. The van der Waals surface area contributed by atoms with Crippen LogP contribution in [-0.2, 0) is 16.0 Å². The van der Waals surface area contributed by atoms with Crippen LogP contribution in [0.4, 0.5) is 0 Å². The van der Waals surface area contributed by atoms with Crippen molar-refractivity contribution in [1.82, 2.24) is 5.32 Å². The number of halogens is 1. The van der Waals surface area contributed by atoms with E-state index in [2.05, 4.69) is 5.32 Å². The Morgan fingerprint density at radius 3 is 2.55 bits per heavy atom. The van der Waals surface area contributed by atoms with Crippen LogP contribution in [-0.4, -0.2) is 32.3 Å². The van der Waals surface area contributed by atoms with Crippen molar-refractivity contribution in [1.29, 1.82) is 0 Å². The van der Waals surface area contributed by atoms with E-state index in [0.717, 1.165) is 31.0 Å². The molecule has 1 aromatic rings. The Morgan fingerprint density at radius 2 is 2.00 bits per heavy atom. The molecule has 1 aliphatic rings. The van der Waals surface area contributed by atoms with Crippen LogP contribution in [0, 0.1) is 5.92 Å². The van der Waals surface area contributed by atoms with Crippen molar-refractivity contribution in [2.45, 2.75) is 19.8 Å². The van der Waals surface area contributed by atoms with Crippen molar-refractivity contribution in [3.05, 3.63) is 29.8 Å². The fraction of sp³-hybridized carbons (Fsp3) is 0.533. The Morgan fingerprint density at radius 1 is 1.30 bits per heavy atom. The van der Waals surface area contributed by atoms with Crippen molar-refractivity contribution < 1.29 is 14.3 Å². The van der Waals surface area contributed by atoms with Gasteiger partial charge in [-0.05, 0) is 31.0 Å². The van der Waals surface area contributed by atoms with Gasteiger partial charge >= 0.3 is 5.97 Å². The zero-order chi connectivity index (χ0) is 13.5. The fourth-order valence-electron chi connectivity index (χ4n) is 1.91. The van der Waals surface area contributed by atoms with E-state index < -0.39 is 0 Å². The summed E-state index contributed by atoms with van der Waals surface area (Å²) < 4.78 is 10.6. The van der Waals surface area contributed by atoms with E-state index in [1.165, 1.54) is 0 Å². The van der Waals surface area contributed by atoms with Crippen molar-refractivity contribution >= 4 is 18.4 Å². The third-order valence-electron chi connectivity index (χ3n) is 3.20. The highest BCUT2D eigenvalue weighted by Gasteiger charge is 2.16. The minimum atomic E-state index is -0.139. The molecule has 0 bridgehead atoms. The van der Waals surface area contributed by atoms with E-state index in [1.54, 1.807) is 0 Å². The van der Waals surface area contributed by atoms with Crippen LogP contribution in [0.1, 0.15) is 18.9 Å². The van der Waals surface area contributed by atoms with Gasteiger partial charge in [0, 0.05) is 25.4 Å². The monoisotopic (exact) mass is 299 g/mol. The molecule has 0 unspecified atom stereocenters. The first-order valence-electron chi connectivity index (χ1n) is 6.86. The number of ether oxygens (including phenoxy) is 2. The highest BCUT2D eigenvalue weighted by atomic mass is 35.5. The number of aryl methyl sites for hydroxylation is 1. The summed E-state index contributed by atoms with van der Waals surface area (Å²) in [6, 6.07) is 7.94. The molecule has 1 N–H and O–H groups in total. The summed E-state index contributed by atoms with van der Waals surface area (Å²) in [4.78, 5) is 11.2. The molecule has 5 heteroatoms. The molecule has 1 aromatic carbocycles. The molecule has 0 aromatic heterocycles. The summed E-state index contributed by atoms with van der Waals surface area (Å²) in [6.45, 7) is 5.15. The highest BCUT2D eigenvalue weighted by Crippen LogP contribution is 2.15. The average Bonchev–Trinajstić information content (AvgIpc) is 2.36. The van der Waals surface area contributed by atoms with Gasteiger partial charge in [0.1, 0.15) is 5.75 Å². The normalized spacial score (nSPS) is 14.1. The van der Waals surface area contributed by atoms with Gasteiger partial charge in [0.05, 0.1) is 13.2 Å². The lowest BCUT2D eigenvalue weighted by Crippen LogP contribution is -2.45. The second-order valence-electron chi connectivity index (χ2n) is 4.78. The molecule has 1 fully saturated rings. The summed E-state index contributed by atoms with van der Waals surface area (Å²) in [5, 5.41) is 3.22. The molecule has 112 valence electrons. The Labute approximate surface area is 126 Å². The van der Waals surface area contributed by atoms with E-state index in [9.17, 15) is 4.79 Å². The molecule has 1 aliphatic heterocycles. The van der Waals surface area contributed by atoms with Gasteiger partial charge in [-0.25, -0.2) is 0 Å². The number of hydrogen-bond donors (Lipinski definition) is 1. The van der Waals surface area contributed by atoms with Crippen LogP contribution in [0.15, 0.2) is 24.3 Å². The average molecular weight is 300 g/mol. The number of esters is 1. The summed E-state index contributed by atoms with van der Waals surface area (Å²) in [5.74, 6) is 1.40. The number of rotatable bonds is 7. The quantitative estimate of drug-likeness (QED) is 0.784. The van der Waals surface area contributed by atoms with Gasteiger partial charge in [0.25, 0.3) is 0 Å². The highest BCUT2D eigenvalue weighted by molar-refractivity contribution is 5.85. The Balaban J connectivity index is 0.00000200. The molecule has 0 atom stereocenters. The summed E-state index contributed by atoms with van der Waals surface area (Å²) in [7, 11) is 0. The van der Waals surface area contributed by atoms with Gasteiger partial charge < -0.3 is 14.8 Å². The van der Waals surface area contributed by atoms with Gasteiger partial charge in [-0.15, -0.1) is 12.4 Å². The van der Waals surface area contributed by atoms with Crippen LogP contribution in [0.3, 0.4) is 0 Å². The fourth-order valence-corrected chi connectivity index (χ4v) is 1.91. The van der Waals surface area contributed by atoms with Gasteiger partial charge in [-0.3, -0.25) is 4.79 Å². The first kappa shape index (κ1) is 16.8. The molecular formula is C15H22ClNO3. The molecule has 1 saturated heterocycles. The van der Waals surface area contributed by atoms with Gasteiger partial charge in [-0.1, -0.05) is 12.1 Å². The summed E-state index contributed by atoms with van der Waals surface area (Å²) in [6.07, 6.45) is 1.15. The number of nitrogens with one attached hydrogen (secondary N) is 1. The van der Waals surface area contributed by atoms with Crippen molar-refractivity contribution in [2.75, 3.05) is 26.3 Å². The maximum absolute atomic E-state index is 11.2. The predicted molar refractivity (Wildman–Crippen MR) is 80.5 cm³/mol. The third kappa shape index (κ3) is 5.39. The second-order valence-corrected chi connectivity index (χ2v) is 4.78. The van der Waals surface area contributed by atoms with Crippen LogP contribution in [0.2, 0.25) is 0 Å². The second kappa shape index (κ2) is 8.82. The topological polar surface area (TPSA) is 47.6 Å². The van der Waals surface area contributed by atoms with E-state index in [0.29, 0.717) is 25.4 Å². The van der Waals surface area contributed by atoms with E-state index in [-0.39, 0.29) is 18.4 Å². The smallest absolute Gasteiger partial charge is 0.306 e. The molecule has 20 heavy (non-hydrogen) atoms. The molecule has 0 saturated carbocycles. The molecule has 0 spiro atoms. The van der Waals surface area contributed by atoms with Crippen molar-refractivity contribution in [3.63, 3.8) is 0 Å². The van der Waals surface area contributed by atoms with Crippen LogP contribution in [0.25, 0.3) is 0 Å². The van der Waals surface area contributed by atoms with Crippen molar-refractivity contribution in [2.24, 2.45) is 5.92 Å². The molecular weight excluding hydrogens is 278 g/mol. The first-order chi connectivity index (χ1) is 9.28. The molecule has 2 rings (SSSR count). The molecule has 0 aliphatic carbocycles. The number of hydrogen-bond acceptors (Lipinski definition) is 4. The number of benzene rings is 1. The third-order valence-corrected chi connectivity index (χ3v) is 3.20. The van der Waals surface area contributed by atoms with Gasteiger partial charge in [-0.2, -0.15) is 0 Å². The zero-order valence-electron chi connectivity index (χ0n) is 11.8. The lowest BCUT2D eigenvalue weighted by molar-refractivity contribution is -0.143. The summed E-state index contributed by atoms with van der Waals surface area (Å²) in [5.41, 5.74) is 1.13. The van der Waals surface area contributed by atoms with E-state index in [4.69, 9.17) is 9.47 Å². The minimum Gasteiger partial charge on any atom is -0.493 e. The zero-order valence-corrected chi connectivity index (χ0v) is 12.6. The van der Waals surface area contributed by atoms with Crippen LogP contribution < -0.4 is 10.1 Å². The van der Waals surface area contributed by atoms with E-state index in [1.807, 2.05) is 31.2 Å². The minimum absolute atomic E-state index is 0. The van der Waals surface area contributed by atoms with Crippen molar-refractivity contribution in [3.8, 4) is 5.75 Å².